The molecule has 38 heteroatoms. The fourth-order valence-corrected chi connectivity index (χ4v) is 14.0. The van der Waals surface area contributed by atoms with E-state index in [-0.39, 0.29) is 39.1 Å². The van der Waals surface area contributed by atoms with Crippen LogP contribution in [0.25, 0.3) is 0 Å². The molecule has 6 atom stereocenters. The normalized spacial score (nSPS) is 17.8. The zero-order chi connectivity index (χ0) is 90.6. The number of rotatable bonds is 57. The van der Waals surface area contributed by atoms with Gasteiger partial charge in [0.15, 0.2) is 0 Å². The molecule has 2 fully saturated rings. The molecule has 37 nitrogen and oxygen atoms in total. The lowest BCUT2D eigenvalue weighted by Crippen LogP contribution is -2.58. The number of nitrogens with one attached hydrogen (secondary N) is 4. The summed E-state index contributed by atoms with van der Waals surface area (Å²) >= 11 is 0. The van der Waals surface area contributed by atoms with Crippen molar-refractivity contribution >= 4 is 92.4 Å². The lowest BCUT2D eigenvalue weighted by Gasteiger charge is -2.46. The van der Waals surface area contributed by atoms with Crippen LogP contribution >= 0.6 is 0 Å². The fraction of sp³-hybridized carbons (Fsp3) is 0.585. The van der Waals surface area contributed by atoms with Gasteiger partial charge in [0.1, 0.15) is 98.3 Å². The van der Waals surface area contributed by atoms with Crippen molar-refractivity contribution in [1.82, 2.24) is 21.3 Å². The number of ether oxygens (including phenoxy) is 18. The lowest BCUT2D eigenvalue weighted by atomic mass is 9.67. The summed E-state index contributed by atoms with van der Waals surface area (Å²) in [5.41, 5.74) is -9.73. The first-order chi connectivity index (χ1) is 56.2. The van der Waals surface area contributed by atoms with E-state index in [1.165, 1.54) is 0 Å². The molecule has 2 rings (SSSR count). The number of carbonyl (C=O) groups is 14. The lowest BCUT2D eigenvalue weighted by molar-refractivity contribution is -0.170. The molecule has 0 aromatic heterocycles. The van der Waals surface area contributed by atoms with Crippen LogP contribution in [0.15, 0.2) is 127 Å². The third-order valence-corrected chi connectivity index (χ3v) is 19.8. The van der Waals surface area contributed by atoms with Gasteiger partial charge in [-0.25, -0.2) is 67.1 Å². The van der Waals surface area contributed by atoms with Gasteiger partial charge >= 0.3 is 84.1 Å². The maximum Gasteiger partial charge on any atom is 0.407 e. The van der Waals surface area contributed by atoms with E-state index < -0.39 is 266 Å². The van der Waals surface area contributed by atoms with Gasteiger partial charge < -0.3 is 111 Å². The van der Waals surface area contributed by atoms with Crippen LogP contribution in [0.4, 0.5) is 19.2 Å². The Hall–Kier alpha value is -10.8. The first-order valence-corrected chi connectivity index (χ1v) is 41.1. The molecule has 4 amide bonds. The Morgan fingerprint density at radius 1 is 0.333 bits per heavy atom. The van der Waals surface area contributed by atoms with Crippen molar-refractivity contribution < 1.29 is 157 Å². The molecule has 0 bridgehead atoms. The molecule has 120 heavy (non-hydrogen) atoms. The highest BCUT2D eigenvalue weighted by atomic mass is 28.4. The highest BCUT2D eigenvalue weighted by molar-refractivity contribution is 6.71. The van der Waals surface area contributed by atoms with E-state index in [2.05, 4.69) is 87.1 Å². The van der Waals surface area contributed by atoms with Crippen molar-refractivity contribution in [3.63, 3.8) is 0 Å². The average molecular weight is 1720 g/mol. The highest BCUT2D eigenvalue weighted by Crippen LogP contribution is 2.43. The van der Waals surface area contributed by atoms with E-state index in [4.69, 9.17) is 89.7 Å². The van der Waals surface area contributed by atoms with Gasteiger partial charge in [0, 0.05) is 83.9 Å². The summed E-state index contributed by atoms with van der Waals surface area (Å²) in [5, 5.41) is 11.6. The Morgan fingerprint density at radius 3 is 0.792 bits per heavy atom. The molecule has 0 heterocycles. The zero-order valence-electron chi connectivity index (χ0n) is 70.5. The van der Waals surface area contributed by atoms with E-state index in [9.17, 15) is 67.1 Å². The van der Waals surface area contributed by atoms with Crippen molar-refractivity contribution in [2.45, 2.75) is 142 Å². The first-order valence-electron chi connectivity index (χ1n) is 37.9. The molecule has 670 valence electrons. The second-order valence-electron chi connectivity index (χ2n) is 32.1. The summed E-state index contributed by atoms with van der Waals surface area (Å²) < 4.78 is 106. The molecular formula is C82H120N4O33Si. The molecule has 0 aromatic rings. The Kier molecular flexibility index (Phi) is 44.7. The molecular weight excluding hydrogens is 1600 g/mol. The van der Waals surface area contributed by atoms with Crippen molar-refractivity contribution in [1.29, 1.82) is 0 Å². The van der Waals surface area contributed by atoms with E-state index in [0.29, 0.717) is 25.7 Å². The van der Waals surface area contributed by atoms with Crippen LogP contribution in [-0.4, -0.2) is 260 Å². The molecule has 2 aliphatic rings. The Labute approximate surface area is 701 Å². The number of carbonyl (C=O) groups excluding carboxylic acids is 14. The fourth-order valence-electron chi connectivity index (χ4n) is 12.9. The quantitative estimate of drug-likeness (QED) is 0.0115. The van der Waals surface area contributed by atoms with E-state index >= 15 is 0 Å². The van der Waals surface area contributed by atoms with Crippen LogP contribution in [0.5, 0.6) is 0 Å². The first kappa shape index (κ1) is 105. The van der Waals surface area contributed by atoms with Gasteiger partial charge in [-0.3, -0.25) is 0 Å². The van der Waals surface area contributed by atoms with Crippen LogP contribution in [0, 0.1) is 32.5 Å². The van der Waals surface area contributed by atoms with E-state index in [0.717, 1.165) is 60.8 Å². The standard InChI is InChI=1S/C82H120N4O33Si/c1-21-61(87)105-43-79(44-106-62(88)22-2,45-107-63(89)23-3)39-103-41-81(49-111-67(93)27-7,50-112-68(94)28-8)53-115-73(99)85-77(17)33-59(31-75(13,14)37-77)83-71(97)118-57(11)35-101-55-117-120(19,20)56-102-36-58(12)119-72(98)84-60-32-76(15,16)38-78(18,34-60)86-74(100)116-54-82(51-113-69(95)29-9,52-114-70(96)30-10)42-104-40-80(46-108-64(90)24-4,47-109-65(91)25-5)48-110-66(92)26-6/h21-30,57-60H,1-10,31-56H2,11-20H3,(H,83,97)(H,84,98)(H,85,99)(H,86,100). The third-order valence-electron chi connectivity index (χ3n) is 18.0. The largest absolute Gasteiger partial charge is 0.462 e. The minimum absolute atomic E-state index is 0.0187. The summed E-state index contributed by atoms with van der Waals surface area (Å²) in [4.78, 5) is 179. The molecule has 0 saturated heterocycles. The Bertz CT molecular complexity index is 3460. The van der Waals surface area contributed by atoms with E-state index in [1.54, 1.807) is 27.7 Å². The van der Waals surface area contributed by atoms with Gasteiger partial charge in [0.2, 0.25) is 8.32 Å². The maximum atomic E-state index is 14.0. The number of amides is 4. The minimum Gasteiger partial charge on any atom is -0.462 e. The molecule has 0 aliphatic heterocycles. The van der Waals surface area contributed by atoms with Gasteiger partial charge in [-0.2, -0.15) is 0 Å². The van der Waals surface area contributed by atoms with Crippen LogP contribution in [0.3, 0.4) is 0 Å². The van der Waals surface area contributed by atoms with Crippen molar-refractivity contribution in [3.05, 3.63) is 127 Å². The summed E-state index contributed by atoms with van der Waals surface area (Å²) in [6.07, 6.45) is 5.89. The summed E-state index contributed by atoms with van der Waals surface area (Å²) in [5.74, 6) is -9.05. The Balaban J connectivity index is 2.11. The predicted molar refractivity (Wildman–Crippen MR) is 430 cm³/mol. The van der Waals surface area contributed by atoms with E-state index in [1.807, 2.05) is 40.8 Å². The van der Waals surface area contributed by atoms with Gasteiger partial charge in [-0.15, -0.1) is 0 Å². The van der Waals surface area contributed by atoms with Crippen molar-refractivity contribution in [2.24, 2.45) is 32.5 Å². The predicted octanol–water partition coefficient (Wildman–Crippen LogP) is 7.37. The summed E-state index contributed by atoms with van der Waals surface area (Å²) in [6.45, 7) is 42.5. The van der Waals surface area contributed by atoms with Crippen molar-refractivity contribution in [2.75, 3.05) is 132 Å². The molecule has 0 radical (unpaired) electrons. The summed E-state index contributed by atoms with van der Waals surface area (Å²) in [6, 6.07) is -1.09. The third kappa shape index (κ3) is 41.7. The molecule has 2 aliphatic carbocycles. The Morgan fingerprint density at radius 2 is 0.558 bits per heavy atom. The van der Waals surface area contributed by atoms with Gasteiger partial charge in [-0.05, 0) is 90.1 Å². The average Bonchev–Trinajstić information content (AvgIpc) is 0.794. The number of esters is 10. The van der Waals surface area contributed by atoms with Crippen LogP contribution in [0.1, 0.15) is 93.9 Å². The number of hydrogen-bond acceptors (Lipinski definition) is 33. The van der Waals surface area contributed by atoms with Crippen LogP contribution in [0.2, 0.25) is 13.1 Å². The second-order valence-corrected chi connectivity index (χ2v) is 36.2. The zero-order valence-corrected chi connectivity index (χ0v) is 71.5. The molecule has 6 unspecified atom stereocenters. The maximum absolute atomic E-state index is 14.0. The smallest absolute Gasteiger partial charge is 0.407 e. The second kappa shape index (κ2) is 51.0. The SMILES string of the molecule is C=CC(=O)OCC(COCC(COC(=O)C=C)(COC(=O)C=C)COC(=O)NC1(C)CC(NC(=O)OC(C)COCO[Si](C)(C)COCC(C)OC(=O)NC2CC(C)(C)CC(C)(NC(=O)OCC(COCC(COC(=O)C=C)(COC(=O)C=C)COC(=O)C=C)(COC(=O)C=C)COC(=O)C=C)C2)CC(C)(C)C1)(COC(=O)C=C)COC(=O)C=C. The topological polar surface area (TPSA) is 462 Å². The molecule has 0 aromatic carbocycles. The van der Waals surface area contributed by atoms with Crippen LogP contribution in [-0.2, 0) is 138 Å². The van der Waals surface area contributed by atoms with Crippen LogP contribution < -0.4 is 21.3 Å². The summed E-state index contributed by atoms with van der Waals surface area (Å²) in [7, 11) is -2.60. The highest BCUT2D eigenvalue weighted by Gasteiger charge is 2.48. The van der Waals surface area contributed by atoms with Gasteiger partial charge in [-0.1, -0.05) is 93.5 Å². The monoisotopic (exact) mass is 1720 g/mol. The molecule has 4 N–H and O–H groups in total. The van der Waals surface area contributed by atoms with Crippen molar-refractivity contribution in [3.8, 4) is 0 Å². The minimum atomic E-state index is -2.60. The number of alkyl carbamates (subject to hydrolysis) is 4. The van der Waals surface area contributed by atoms with Gasteiger partial charge in [0.05, 0.1) is 67.5 Å². The van der Waals surface area contributed by atoms with Gasteiger partial charge in [0.25, 0.3) is 0 Å². The molecule has 0 spiro atoms. The molecule has 2 saturated carbocycles. The number of hydrogen-bond donors (Lipinski definition) is 4.